The highest BCUT2D eigenvalue weighted by Crippen LogP contribution is 2.46. The van der Waals surface area contributed by atoms with Crippen LogP contribution < -0.4 is 14.8 Å². The van der Waals surface area contributed by atoms with Gasteiger partial charge in [-0.1, -0.05) is 156 Å². The molecule has 0 bridgehead atoms. The molecule has 0 amide bonds. The minimum absolute atomic E-state index is 0. The molecule has 0 saturated carbocycles. The molecule has 1 spiro atoms. The van der Waals surface area contributed by atoms with E-state index in [2.05, 4.69) is 80.9 Å². The quantitative estimate of drug-likeness (QED) is 0.0785. The number of aliphatic hydroxyl groups excluding tert-OH is 2. The number of nitrogens with one attached hydrogen (secondary N) is 1. The molecule has 97 heavy (non-hydrogen) atoms. The third kappa shape index (κ3) is 18.8. The van der Waals surface area contributed by atoms with Crippen LogP contribution in [0.4, 0.5) is 26.3 Å². The van der Waals surface area contributed by atoms with E-state index in [1.54, 1.807) is 36.4 Å². The van der Waals surface area contributed by atoms with Gasteiger partial charge < -0.3 is 38.6 Å². The topological polar surface area (TPSA) is 161 Å². The molecule has 3 N–H and O–H groups in total. The summed E-state index contributed by atoms with van der Waals surface area (Å²) in [7, 11) is 1.00. The fraction of sp³-hybridized carbons (Fsp3) is 0.307. The van der Waals surface area contributed by atoms with Gasteiger partial charge in [-0.2, -0.15) is 53.3 Å². The monoisotopic (exact) mass is 1390 g/mol. The Morgan fingerprint density at radius 1 is 0.495 bits per heavy atom. The second kappa shape index (κ2) is 34.5. The molecule has 2 aromatic heterocycles. The predicted octanol–water partition coefficient (Wildman–Crippen LogP) is 17.7. The van der Waals surface area contributed by atoms with Gasteiger partial charge in [0.1, 0.15) is 30.4 Å². The normalized spacial score (nSPS) is 16.6. The first-order chi connectivity index (χ1) is 43.9. The van der Waals surface area contributed by atoms with Crippen molar-refractivity contribution in [3.05, 3.63) is 250 Å². The van der Waals surface area contributed by atoms with E-state index in [4.69, 9.17) is 28.2 Å². The molecule has 518 valence electrons. The number of benzene rings is 8. The first-order valence-electron chi connectivity index (χ1n) is 29.9. The van der Waals surface area contributed by atoms with Crippen LogP contribution in [0.15, 0.2) is 203 Å². The van der Waals surface area contributed by atoms with E-state index >= 15 is 0 Å². The van der Waals surface area contributed by atoms with Crippen LogP contribution in [-0.2, 0) is 69.1 Å². The van der Waals surface area contributed by atoms with Crippen molar-refractivity contribution in [3.8, 4) is 57.3 Å². The fourth-order valence-electron chi connectivity index (χ4n) is 12.1. The van der Waals surface area contributed by atoms with Gasteiger partial charge in [-0.25, -0.2) is 0 Å². The lowest BCUT2D eigenvalue weighted by molar-refractivity contribution is -0.139. The highest BCUT2D eigenvalue weighted by molar-refractivity contribution is 7.59. The van der Waals surface area contributed by atoms with Crippen LogP contribution in [0.5, 0.6) is 11.5 Å². The Balaban J connectivity index is 0.000000323. The zero-order chi connectivity index (χ0) is 63.8. The van der Waals surface area contributed by atoms with Crippen LogP contribution in [0.1, 0.15) is 105 Å². The Labute approximate surface area is 584 Å². The van der Waals surface area contributed by atoms with E-state index in [1.165, 1.54) is 46.5 Å². The average molecular weight is 1400 g/mol. The van der Waals surface area contributed by atoms with Crippen molar-refractivity contribution < 1.29 is 59.6 Å². The smallest absolute Gasteiger partial charge is 0.419 e. The number of aromatic nitrogens is 4. The van der Waals surface area contributed by atoms with Crippen LogP contribution >= 0.6 is 39.4 Å². The second-order valence-electron chi connectivity index (χ2n) is 23.4. The van der Waals surface area contributed by atoms with Crippen LogP contribution in [0.2, 0.25) is 0 Å². The molecule has 22 heteroatoms. The molecule has 1 aliphatic heterocycles. The summed E-state index contributed by atoms with van der Waals surface area (Å²) >= 11 is 0. The van der Waals surface area contributed by atoms with Crippen molar-refractivity contribution in [2.24, 2.45) is 0 Å². The molecule has 3 heterocycles. The maximum atomic E-state index is 14.1. The van der Waals surface area contributed by atoms with E-state index in [-0.39, 0.29) is 133 Å². The molecular weight excluding hydrogens is 1310 g/mol. The lowest BCUT2D eigenvalue weighted by atomic mass is 9.76. The van der Waals surface area contributed by atoms with Crippen molar-refractivity contribution in [2.45, 2.75) is 130 Å². The predicted molar refractivity (Wildman–Crippen MR) is 380 cm³/mol. The van der Waals surface area contributed by atoms with E-state index in [0.29, 0.717) is 25.1 Å². The maximum Gasteiger partial charge on any atom is 0.419 e. The number of nitrogens with zero attached hydrogens (tertiary/aromatic N) is 5. The van der Waals surface area contributed by atoms with Gasteiger partial charge >= 0.3 is 12.4 Å². The van der Waals surface area contributed by atoms with Crippen LogP contribution in [0.25, 0.3) is 45.8 Å². The second-order valence-corrected chi connectivity index (χ2v) is 23.4. The maximum absolute atomic E-state index is 14.1. The fourth-order valence-corrected chi connectivity index (χ4v) is 12.1. The number of ether oxygens (including phenoxy) is 3. The van der Waals surface area contributed by atoms with Gasteiger partial charge in [0.15, 0.2) is 0 Å². The molecule has 10 aromatic rings. The molecule has 13 rings (SSSR count). The Kier molecular flexibility index (Phi) is 28.3. The molecule has 2 atom stereocenters. The summed E-state index contributed by atoms with van der Waals surface area (Å²) < 4.78 is 113. The van der Waals surface area contributed by atoms with Crippen molar-refractivity contribution in [1.29, 1.82) is 0 Å². The minimum Gasteiger partial charge on any atom is -0.488 e. The van der Waals surface area contributed by atoms with Crippen LogP contribution in [-0.4, -0.2) is 72.6 Å². The summed E-state index contributed by atoms with van der Waals surface area (Å²) in [4.78, 5) is 2.49. The van der Waals surface area contributed by atoms with Crippen molar-refractivity contribution in [3.63, 3.8) is 0 Å². The molecule has 13 nitrogen and oxygen atoms in total. The van der Waals surface area contributed by atoms with Crippen LogP contribution in [0, 0.1) is 0 Å². The van der Waals surface area contributed by atoms with Gasteiger partial charge in [0.05, 0.1) is 29.9 Å². The number of hydrogen-bond donors (Lipinski definition) is 3. The molecule has 3 aliphatic rings. The number of fused-ring (bicyclic) bond motifs is 2. The number of halogens is 7. The Hall–Kier alpha value is -7.99. The lowest BCUT2D eigenvalue weighted by Gasteiger charge is -2.45. The molecule has 2 aliphatic carbocycles. The Morgan fingerprint density at radius 2 is 0.876 bits per heavy atom. The number of rotatable bonds is 16. The molecule has 1 saturated heterocycles. The Morgan fingerprint density at radius 3 is 1.30 bits per heavy atom. The first-order valence-corrected chi connectivity index (χ1v) is 29.9. The lowest BCUT2D eigenvalue weighted by Crippen LogP contribution is -2.54. The molecule has 0 unspecified atom stereocenters. The van der Waals surface area contributed by atoms with Gasteiger partial charge in [-0.15, -0.1) is 32.8 Å². The zero-order valence-corrected chi connectivity index (χ0v) is 54.6. The van der Waals surface area contributed by atoms with Gasteiger partial charge in [-0.3, -0.25) is 4.90 Å². The van der Waals surface area contributed by atoms with Gasteiger partial charge in [-0.05, 0) is 158 Å². The van der Waals surface area contributed by atoms with E-state index < -0.39 is 34.7 Å². The molecule has 1 fully saturated rings. The summed E-state index contributed by atoms with van der Waals surface area (Å²) in [6, 6.07) is 58.0. The van der Waals surface area contributed by atoms with Gasteiger partial charge in [0.25, 0.3) is 0 Å². The average Bonchev–Trinajstić information content (AvgIpc) is 1.62. The highest BCUT2D eigenvalue weighted by atomic mass is 35.5. The largest absolute Gasteiger partial charge is 0.488 e. The molecule has 8 aromatic carbocycles. The van der Waals surface area contributed by atoms with E-state index in [0.717, 1.165) is 85.7 Å². The third-order valence-corrected chi connectivity index (χ3v) is 17.0. The summed E-state index contributed by atoms with van der Waals surface area (Å²) in [6.45, 7) is 6.32. The summed E-state index contributed by atoms with van der Waals surface area (Å²) in [5, 5.41) is 37.5. The number of aliphatic hydroxyl groups is 2. The number of aryl methyl sites for hydroxylation is 2. The summed E-state index contributed by atoms with van der Waals surface area (Å²) in [6.07, 6.45) is -4.39. The minimum atomic E-state index is -4.64. The third-order valence-electron chi connectivity index (χ3n) is 17.0. The van der Waals surface area contributed by atoms with Crippen molar-refractivity contribution in [2.75, 3.05) is 20.3 Å². The van der Waals surface area contributed by atoms with E-state index in [1.807, 2.05) is 84.9 Å². The SMILES string of the molecule is C.C.C.CC1(C)OC[C@@]2(CCc3ccc(-c4nnc(-c5ccc(OCc6ccccc6)c(C(F)(F)F)c5)o4)cc3C2)N1Cc1ccccc1.CO.Cl.OC[C@]1(NCc2ccccc2)CCc2ccc(-c3nnc(-c4ccc(OCc5ccccc5)c(C(F)(F)F)c4)o3)cc2C1.S.S. The first kappa shape index (κ1) is 79.7. The highest BCUT2D eigenvalue weighted by Gasteiger charge is 2.52. The summed E-state index contributed by atoms with van der Waals surface area (Å²) in [5.74, 6) is -0.106. The Bertz CT molecular complexity index is 4080. The van der Waals surface area contributed by atoms with Crippen molar-refractivity contribution in [1.82, 2.24) is 30.6 Å². The van der Waals surface area contributed by atoms with Crippen LogP contribution in [0.3, 0.4) is 0 Å². The number of alkyl halides is 6. The molecular formula is C75H85ClF6N6O7S2. The van der Waals surface area contributed by atoms with Gasteiger partial charge in [0, 0.05) is 48.0 Å². The van der Waals surface area contributed by atoms with Gasteiger partial charge in [0.2, 0.25) is 23.6 Å². The summed E-state index contributed by atoms with van der Waals surface area (Å²) in [5.41, 5.74) is 7.40. The van der Waals surface area contributed by atoms with E-state index in [9.17, 15) is 31.4 Å². The standard InChI is InChI=1S/C37H34F3N3O3.C34H30F3N3O3.CH4O.3CH4.ClH.2H2S/c1-35(2)43(22-25-9-5-3-6-10-25)36(24-45-35)18-17-27-13-14-28(19-30(27)21-36)33-41-42-34(46-33)29-15-16-32(31(20-29)37(38,39)40)44-23-26-11-7-4-8-12-26;35-34(36,37)29-18-27(13-14-30(29)42-21-24-9-5-2-6-10-24)32-40-39-31(43-32)26-12-11-25-15-16-33(22-41,19-28(25)17-26)38-20-23-7-3-1-4-8-23;1-2;;;;;;/h3-16,19-20H,17-18,21-24H2,1-2H3;1-14,17-18,38,41H,15-16,19-22H2;2H,1H3;3*1H4;1H;2*1H2/t36-;33-;;;;;;;/m00......./s1. The van der Waals surface area contributed by atoms with Crippen molar-refractivity contribution >= 4 is 39.4 Å². The molecule has 0 radical (unpaired) electrons. The zero-order valence-electron chi connectivity index (χ0n) is 51.8. The number of hydrogen-bond acceptors (Lipinski definition) is 13.